The zero-order chi connectivity index (χ0) is 50.7. The quantitative estimate of drug-likeness (QED) is 0.121. The zero-order valence-corrected chi connectivity index (χ0v) is 44.7. The van der Waals surface area contributed by atoms with Crippen LogP contribution in [0, 0.1) is 39.0 Å². The van der Waals surface area contributed by atoms with Gasteiger partial charge in [-0.2, -0.15) is 0 Å². The first-order chi connectivity index (χ1) is 36.9. The first kappa shape index (κ1) is 49.3. The van der Waals surface area contributed by atoms with Crippen molar-refractivity contribution in [1.29, 1.82) is 0 Å². The molecule has 0 atom stereocenters. The molecule has 12 aromatic rings. The average Bonchev–Trinajstić information content (AvgIpc) is 3.48. The van der Waals surface area contributed by atoms with Crippen LogP contribution in [0.1, 0.15) is 16.7 Å². The molecule has 0 aliphatic heterocycles. The van der Waals surface area contributed by atoms with Gasteiger partial charge in [-0.05, 0) is 116 Å². The Hall–Kier alpha value is -8.92. The van der Waals surface area contributed by atoms with Crippen LogP contribution >= 0.6 is 0 Å². The molecule has 76 heavy (non-hydrogen) atoms. The minimum atomic E-state index is 0. The summed E-state index contributed by atoms with van der Waals surface area (Å²) in [5, 5.41) is 0. The fraction of sp³-hybridized carbons (Fsp3) is 0.0417. The minimum Gasteiger partial charge on any atom is -0.305 e. The standard InChI is InChI=1S/C72H50N3.Ir/c1-48-40-56(70-28-13-15-38-73-70)34-36-61(48)67-26-11-9-24-65(67)59-44-58(45-60(46-59)66-25-10-12-27-68(66)62-37-35-57(41-49(62)2)71-29-14-16-39-74-71)64-23-8-7-22-63(64)52-30-32-53(33-31-52)72-42-50(3)69(47-75-72)55-21-17-20-54(43-55)51-18-5-4-6-19-51;/h4-32,36-47H,1-3H3;/q-3;+3. The van der Waals surface area contributed by atoms with E-state index in [1.54, 1.807) is 0 Å². The van der Waals surface area contributed by atoms with Crippen molar-refractivity contribution in [3.8, 4) is 123 Å². The van der Waals surface area contributed by atoms with E-state index in [1.165, 1.54) is 11.1 Å². The molecule has 0 amide bonds. The predicted octanol–water partition coefficient (Wildman–Crippen LogP) is 18.5. The second kappa shape index (κ2) is 21.9. The van der Waals surface area contributed by atoms with Crippen LogP contribution in [0.4, 0.5) is 0 Å². The summed E-state index contributed by atoms with van der Waals surface area (Å²) in [6, 6.07) is 92.5. The Kier molecular flexibility index (Phi) is 14.2. The summed E-state index contributed by atoms with van der Waals surface area (Å²) in [7, 11) is 0. The Labute approximate surface area is 459 Å². The van der Waals surface area contributed by atoms with E-state index >= 15 is 0 Å². The molecule has 3 nitrogen and oxygen atoms in total. The van der Waals surface area contributed by atoms with Crippen molar-refractivity contribution in [2.45, 2.75) is 20.8 Å². The Morgan fingerprint density at radius 3 is 1.18 bits per heavy atom. The molecule has 3 heterocycles. The van der Waals surface area contributed by atoms with Crippen LogP contribution in [0.15, 0.2) is 249 Å². The summed E-state index contributed by atoms with van der Waals surface area (Å²) in [5.74, 6) is 0. The van der Waals surface area contributed by atoms with E-state index in [0.717, 1.165) is 128 Å². The van der Waals surface area contributed by atoms with E-state index < -0.39 is 0 Å². The van der Waals surface area contributed by atoms with Crippen molar-refractivity contribution in [3.63, 3.8) is 0 Å². The van der Waals surface area contributed by atoms with Crippen molar-refractivity contribution >= 4 is 0 Å². The third kappa shape index (κ3) is 10.0. The third-order valence-corrected chi connectivity index (χ3v) is 14.2. The van der Waals surface area contributed by atoms with Gasteiger partial charge in [-0.3, -0.25) is 0 Å². The van der Waals surface area contributed by atoms with E-state index in [9.17, 15) is 0 Å². The zero-order valence-electron chi connectivity index (χ0n) is 42.3. The molecule has 0 saturated heterocycles. The maximum atomic E-state index is 5.00. The Balaban J connectivity index is 0.00000616. The van der Waals surface area contributed by atoms with Crippen LogP contribution in [-0.4, -0.2) is 15.0 Å². The molecule has 0 radical (unpaired) electrons. The third-order valence-electron chi connectivity index (χ3n) is 14.2. The molecule has 9 aromatic carbocycles. The van der Waals surface area contributed by atoms with E-state index in [-0.39, 0.29) is 20.1 Å². The second-order valence-corrected chi connectivity index (χ2v) is 19.1. The van der Waals surface area contributed by atoms with Crippen molar-refractivity contribution in [2.24, 2.45) is 0 Å². The van der Waals surface area contributed by atoms with Gasteiger partial charge in [0.25, 0.3) is 0 Å². The largest absolute Gasteiger partial charge is 3.00 e. The van der Waals surface area contributed by atoms with Crippen molar-refractivity contribution in [3.05, 3.63) is 284 Å². The molecule has 0 saturated carbocycles. The normalized spacial score (nSPS) is 11.0. The summed E-state index contributed by atoms with van der Waals surface area (Å²) in [6.07, 6.45) is 5.66. The molecule has 0 N–H and O–H groups in total. The molecule has 4 heteroatoms. The van der Waals surface area contributed by atoms with E-state index in [4.69, 9.17) is 4.98 Å². The minimum absolute atomic E-state index is 0. The fourth-order valence-electron chi connectivity index (χ4n) is 10.4. The van der Waals surface area contributed by atoms with Gasteiger partial charge >= 0.3 is 20.1 Å². The number of nitrogens with zero attached hydrogens (tertiary/aromatic N) is 3. The molecule has 362 valence electrons. The molecule has 0 aliphatic carbocycles. The van der Waals surface area contributed by atoms with Crippen LogP contribution in [0.5, 0.6) is 0 Å². The molecule has 0 fully saturated rings. The Morgan fingerprint density at radius 2 is 0.697 bits per heavy atom. The molecule has 0 aliphatic rings. The second-order valence-electron chi connectivity index (χ2n) is 19.1. The number of hydrogen-bond acceptors (Lipinski definition) is 3. The molecular formula is C72H50IrN3. The number of hydrogen-bond donors (Lipinski definition) is 0. The van der Waals surface area contributed by atoms with E-state index in [1.807, 2.05) is 55.0 Å². The van der Waals surface area contributed by atoms with Crippen molar-refractivity contribution in [1.82, 2.24) is 15.0 Å². The van der Waals surface area contributed by atoms with Crippen LogP contribution in [0.3, 0.4) is 0 Å². The molecule has 0 spiro atoms. The van der Waals surface area contributed by atoms with Crippen LogP contribution < -0.4 is 0 Å². The number of aryl methyl sites for hydroxylation is 3. The first-order valence-corrected chi connectivity index (χ1v) is 25.4. The van der Waals surface area contributed by atoms with Crippen molar-refractivity contribution in [2.75, 3.05) is 0 Å². The van der Waals surface area contributed by atoms with Crippen LogP contribution in [0.25, 0.3) is 123 Å². The summed E-state index contributed by atoms with van der Waals surface area (Å²) in [6.45, 7) is 6.53. The van der Waals surface area contributed by atoms with Gasteiger partial charge in [-0.25, -0.2) is 0 Å². The number of benzene rings is 9. The summed E-state index contributed by atoms with van der Waals surface area (Å²) < 4.78 is 0. The SMILES string of the molecule is Cc1cc(-c2[c-]cc(-c3ccccc3-c3cc(-c4ccccc4-c4c[c-]c(-c5ccccn5)cc4C)cc(-c4ccccc4-c4c[c-]c(-c5ccccn5)cc4C)c3)cc2)ncc1-c1cccc(-c2ccccc2)c1.[Ir+3]. The smallest absolute Gasteiger partial charge is 0.305 e. The fourth-order valence-corrected chi connectivity index (χ4v) is 10.4. The topological polar surface area (TPSA) is 38.7 Å². The maximum absolute atomic E-state index is 5.00. The van der Waals surface area contributed by atoms with Crippen LogP contribution in [-0.2, 0) is 20.1 Å². The van der Waals surface area contributed by atoms with Gasteiger partial charge in [0.2, 0.25) is 0 Å². The monoisotopic (exact) mass is 1150 g/mol. The van der Waals surface area contributed by atoms with Crippen LogP contribution in [0.2, 0.25) is 0 Å². The van der Waals surface area contributed by atoms with Gasteiger partial charge in [-0.1, -0.05) is 199 Å². The number of aromatic nitrogens is 3. The maximum Gasteiger partial charge on any atom is 3.00 e. The molecule has 3 aromatic heterocycles. The van der Waals surface area contributed by atoms with E-state index in [2.05, 4.69) is 243 Å². The first-order valence-electron chi connectivity index (χ1n) is 25.4. The van der Waals surface area contributed by atoms with Gasteiger partial charge in [0, 0.05) is 24.2 Å². The van der Waals surface area contributed by atoms with Crippen molar-refractivity contribution < 1.29 is 20.1 Å². The van der Waals surface area contributed by atoms with Gasteiger partial charge in [0.15, 0.2) is 0 Å². The molecular weight excluding hydrogens is 1100 g/mol. The van der Waals surface area contributed by atoms with E-state index in [0.29, 0.717) is 0 Å². The predicted molar refractivity (Wildman–Crippen MR) is 310 cm³/mol. The Bertz CT molecular complexity index is 3870. The average molecular weight is 1150 g/mol. The number of pyridine rings is 3. The summed E-state index contributed by atoms with van der Waals surface area (Å²) >= 11 is 0. The molecule has 0 bridgehead atoms. The summed E-state index contributed by atoms with van der Waals surface area (Å²) in [5.41, 5.74) is 27.2. The molecule has 0 unspecified atom stereocenters. The van der Waals surface area contributed by atoms with Gasteiger partial charge in [0.1, 0.15) is 0 Å². The summed E-state index contributed by atoms with van der Waals surface area (Å²) in [4.78, 5) is 14.2. The van der Waals surface area contributed by atoms with Gasteiger partial charge in [-0.15, -0.1) is 88.5 Å². The molecule has 12 rings (SSSR count). The number of rotatable bonds is 11. The van der Waals surface area contributed by atoms with Gasteiger partial charge in [0.05, 0.1) is 0 Å². The van der Waals surface area contributed by atoms with Gasteiger partial charge < -0.3 is 15.0 Å². The Morgan fingerprint density at radius 1 is 0.263 bits per heavy atom.